The minimum Gasteiger partial charge on any atom is -0.496 e. The number of allylic oxidation sites excluding steroid dienone is 1. The van der Waals surface area contributed by atoms with Gasteiger partial charge in [0.05, 0.1) is 17.9 Å². The number of nitrogens with zero attached hydrogens (tertiary/aromatic N) is 3. The van der Waals surface area contributed by atoms with E-state index in [1.54, 1.807) is 13.2 Å². The number of para-hydroxylation sites is 2. The molecule has 0 saturated carbocycles. The molecule has 0 aliphatic heterocycles. The Kier molecular flexibility index (Phi) is 6.95. The van der Waals surface area contributed by atoms with E-state index in [9.17, 15) is 4.79 Å². The average molecular weight is 423 g/mol. The molecule has 2 aromatic carbocycles. The Morgan fingerprint density at radius 3 is 2.57 bits per heavy atom. The number of hydrogen-bond acceptors (Lipinski definition) is 5. The van der Waals surface area contributed by atoms with E-state index in [-0.39, 0.29) is 11.2 Å². The fraction of sp³-hybridized carbons (Fsp3) is 0.261. The van der Waals surface area contributed by atoms with Crippen molar-refractivity contribution in [2.45, 2.75) is 37.7 Å². The molecule has 0 fully saturated rings. The van der Waals surface area contributed by atoms with E-state index in [1.807, 2.05) is 67.8 Å². The summed E-state index contributed by atoms with van der Waals surface area (Å²) in [7, 11) is 1.63. The van der Waals surface area contributed by atoms with Gasteiger partial charge in [-0.05, 0) is 44.0 Å². The summed E-state index contributed by atoms with van der Waals surface area (Å²) < 4.78 is 7.42. The molecule has 0 aliphatic carbocycles. The van der Waals surface area contributed by atoms with Crippen LogP contribution in [0.15, 0.2) is 60.3 Å². The molecule has 1 N–H and O–H groups in total. The molecule has 6 nitrogen and oxygen atoms in total. The Morgan fingerprint density at radius 1 is 1.20 bits per heavy atom. The summed E-state index contributed by atoms with van der Waals surface area (Å²) in [5.41, 5.74) is 3.77. The summed E-state index contributed by atoms with van der Waals surface area (Å²) in [6, 6.07) is 13.6. The molecule has 1 heterocycles. The van der Waals surface area contributed by atoms with Gasteiger partial charge in [-0.25, -0.2) is 0 Å². The number of carbonyl (C=O) groups excluding carboxylic acids is 1. The predicted octanol–water partition coefficient (Wildman–Crippen LogP) is 4.88. The second-order valence-corrected chi connectivity index (χ2v) is 8.23. The first-order valence-electron chi connectivity index (χ1n) is 9.67. The van der Waals surface area contributed by atoms with E-state index in [0.29, 0.717) is 23.3 Å². The summed E-state index contributed by atoms with van der Waals surface area (Å²) in [5, 5.41) is 12.1. The molecular weight excluding hydrogens is 396 g/mol. The zero-order valence-electron chi connectivity index (χ0n) is 17.7. The van der Waals surface area contributed by atoms with Crippen molar-refractivity contribution in [1.82, 2.24) is 14.8 Å². The van der Waals surface area contributed by atoms with Crippen LogP contribution in [0.5, 0.6) is 5.75 Å². The monoisotopic (exact) mass is 422 g/mol. The van der Waals surface area contributed by atoms with Gasteiger partial charge in [-0.15, -0.1) is 16.8 Å². The van der Waals surface area contributed by atoms with Crippen molar-refractivity contribution in [3.8, 4) is 17.1 Å². The van der Waals surface area contributed by atoms with Crippen LogP contribution >= 0.6 is 11.8 Å². The van der Waals surface area contributed by atoms with Crippen LogP contribution in [0.1, 0.15) is 18.1 Å². The summed E-state index contributed by atoms with van der Waals surface area (Å²) in [6.07, 6.45) is 1.79. The van der Waals surface area contributed by atoms with Crippen LogP contribution < -0.4 is 10.1 Å². The van der Waals surface area contributed by atoms with Crippen LogP contribution in [0.3, 0.4) is 0 Å². The molecule has 0 saturated heterocycles. The number of benzene rings is 2. The van der Waals surface area contributed by atoms with Crippen LogP contribution in [0.2, 0.25) is 0 Å². The molecule has 3 aromatic rings. The molecule has 1 atom stereocenters. The van der Waals surface area contributed by atoms with Gasteiger partial charge in [-0.3, -0.25) is 9.36 Å². The van der Waals surface area contributed by atoms with Gasteiger partial charge in [0.1, 0.15) is 5.75 Å². The number of carbonyl (C=O) groups is 1. The van der Waals surface area contributed by atoms with E-state index < -0.39 is 0 Å². The van der Waals surface area contributed by atoms with Crippen molar-refractivity contribution < 1.29 is 9.53 Å². The Hall–Kier alpha value is -3.06. The summed E-state index contributed by atoms with van der Waals surface area (Å²) in [5.74, 6) is 1.31. The Labute approximate surface area is 181 Å². The van der Waals surface area contributed by atoms with Crippen molar-refractivity contribution in [2.75, 3.05) is 12.4 Å². The molecule has 3 rings (SSSR count). The highest BCUT2D eigenvalue weighted by Crippen LogP contribution is 2.32. The number of thioether (sulfide) groups is 1. The molecule has 0 unspecified atom stereocenters. The van der Waals surface area contributed by atoms with Crippen molar-refractivity contribution in [1.29, 1.82) is 0 Å². The smallest absolute Gasteiger partial charge is 0.237 e. The highest BCUT2D eigenvalue weighted by atomic mass is 32.2. The Bertz CT molecular complexity index is 1040. The standard InChI is InChI=1S/C23H26N4O2S/c1-6-14-27-21(18-12-7-8-13-19(18)29-5)25-26-23(27)30-17(4)22(28)24-20-15(2)10-9-11-16(20)3/h6-13,17H,1,14H2,2-5H3,(H,24,28)/t17-/m1/s1. The number of anilines is 1. The Balaban J connectivity index is 1.85. The first-order valence-corrected chi connectivity index (χ1v) is 10.6. The minimum absolute atomic E-state index is 0.0793. The van der Waals surface area contributed by atoms with Crippen molar-refractivity contribution in [3.63, 3.8) is 0 Å². The number of nitrogens with one attached hydrogen (secondary N) is 1. The van der Waals surface area contributed by atoms with Gasteiger partial charge in [-0.2, -0.15) is 0 Å². The molecule has 0 aliphatic rings. The van der Waals surface area contributed by atoms with E-state index in [1.165, 1.54) is 11.8 Å². The largest absolute Gasteiger partial charge is 0.496 e. The number of ether oxygens (including phenoxy) is 1. The number of aryl methyl sites for hydroxylation is 2. The third kappa shape index (κ3) is 4.57. The quantitative estimate of drug-likeness (QED) is 0.414. The van der Waals surface area contributed by atoms with Gasteiger partial charge < -0.3 is 10.1 Å². The molecule has 7 heteroatoms. The lowest BCUT2D eigenvalue weighted by Crippen LogP contribution is -2.24. The fourth-order valence-electron chi connectivity index (χ4n) is 3.15. The minimum atomic E-state index is -0.359. The first kappa shape index (κ1) is 21.6. The van der Waals surface area contributed by atoms with Gasteiger partial charge in [0.25, 0.3) is 0 Å². The van der Waals surface area contributed by atoms with Crippen LogP contribution in [0.4, 0.5) is 5.69 Å². The molecule has 1 amide bonds. The topological polar surface area (TPSA) is 69.0 Å². The van der Waals surface area contributed by atoms with Gasteiger partial charge in [-0.1, -0.05) is 48.2 Å². The number of aromatic nitrogens is 3. The maximum Gasteiger partial charge on any atom is 0.237 e. The highest BCUT2D eigenvalue weighted by molar-refractivity contribution is 8.00. The van der Waals surface area contributed by atoms with Gasteiger partial charge in [0, 0.05) is 12.2 Å². The number of hydrogen-bond donors (Lipinski definition) is 1. The SMILES string of the molecule is C=CCn1c(S[C@H](C)C(=O)Nc2c(C)cccc2C)nnc1-c1ccccc1OC. The van der Waals surface area contributed by atoms with Crippen molar-refractivity contribution in [3.05, 3.63) is 66.2 Å². The van der Waals surface area contributed by atoms with E-state index in [0.717, 1.165) is 22.4 Å². The van der Waals surface area contributed by atoms with Crippen molar-refractivity contribution in [2.24, 2.45) is 0 Å². The van der Waals surface area contributed by atoms with Crippen LogP contribution in [-0.4, -0.2) is 33.0 Å². The lowest BCUT2D eigenvalue weighted by Gasteiger charge is -2.16. The number of methoxy groups -OCH3 is 1. The second-order valence-electron chi connectivity index (χ2n) is 6.92. The molecule has 0 bridgehead atoms. The normalized spacial score (nSPS) is 11.7. The molecule has 1 aromatic heterocycles. The maximum absolute atomic E-state index is 12.8. The third-order valence-electron chi connectivity index (χ3n) is 4.76. The zero-order valence-corrected chi connectivity index (χ0v) is 18.5. The second kappa shape index (κ2) is 9.63. The van der Waals surface area contributed by atoms with Gasteiger partial charge in [0.15, 0.2) is 11.0 Å². The van der Waals surface area contributed by atoms with E-state index >= 15 is 0 Å². The van der Waals surface area contributed by atoms with Crippen molar-refractivity contribution >= 4 is 23.4 Å². The highest BCUT2D eigenvalue weighted by Gasteiger charge is 2.22. The lowest BCUT2D eigenvalue weighted by molar-refractivity contribution is -0.115. The van der Waals surface area contributed by atoms with E-state index in [4.69, 9.17) is 4.74 Å². The lowest BCUT2D eigenvalue weighted by atomic mass is 10.1. The number of rotatable bonds is 8. The maximum atomic E-state index is 12.8. The number of amides is 1. The van der Waals surface area contributed by atoms with Crippen LogP contribution in [0, 0.1) is 13.8 Å². The van der Waals surface area contributed by atoms with Gasteiger partial charge in [0.2, 0.25) is 5.91 Å². The van der Waals surface area contributed by atoms with E-state index in [2.05, 4.69) is 22.1 Å². The summed E-state index contributed by atoms with van der Waals surface area (Å²) in [6.45, 7) is 10.2. The summed E-state index contributed by atoms with van der Waals surface area (Å²) in [4.78, 5) is 12.8. The van der Waals surface area contributed by atoms with Crippen LogP contribution in [-0.2, 0) is 11.3 Å². The predicted molar refractivity (Wildman–Crippen MR) is 122 cm³/mol. The molecular formula is C23H26N4O2S. The fourth-order valence-corrected chi connectivity index (χ4v) is 4.00. The molecule has 0 spiro atoms. The third-order valence-corrected chi connectivity index (χ3v) is 5.84. The summed E-state index contributed by atoms with van der Waals surface area (Å²) >= 11 is 1.37. The molecule has 30 heavy (non-hydrogen) atoms. The first-order chi connectivity index (χ1) is 14.5. The molecule has 156 valence electrons. The van der Waals surface area contributed by atoms with Crippen LogP contribution in [0.25, 0.3) is 11.4 Å². The average Bonchev–Trinajstić information content (AvgIpc) is 3.13. The zero-order chi connectivity index (χ0) is 21.7. The Morgan fingerprint density at radius 2 is 1.90 bits per heavy atom. The molecule has 0 radical (unpaired) electrons. The van der Waals surface area contributed by atoms with Gasteiger partial charge >= 0.3 is 0 Å².